The lowest BCUT2D eigenvalue weighted by molar-refractivity contribution is -0.140. The fourth-order valence-corrected chi connectivity index (χ4v) is 0. The Morgan fingerprint density at radius 1 is 1.44 bits per heavy atom. The monoisotopic (exact) mass is 146 g/mol. The quantitative estimate of drug-likeness (QED) is 0.565. The van der Waals surface area contributed by atoms with Crippen LogP contribution < -0.4 is 0 Å². The van der Waals surface area contributed by atoms with E-state index in [-0.39, 0.29) is 5.92 Å². The lowest BCUT2D eigenvalue weighted by atomic mass is 10.2. The van der Waals surface area contributed by atoms with Crippen molar-refractivity contribution in [2.45, 2.75) is 25.4 Å². The highest BCUT2D eigenvalue weighted by molar-refractivity contribution is 6.31. The van der Waals surface area contributed by atoms with Gasteiger partial charge in [0.15, 0.2) is 0 Å². The van der Waals surface area contributed by atoms with Gasteiger partial charge in [-0.15, -0.1) is 11.6 Å². The molecule has 1 N–H and O–H groups in total. The van der Waals surface area contributed by atoms with E-state index in [0.29, 0.717) is 15.2 Å². The van der Waals surface area contributed by atoms with Crippen LogP contribution >= 0.6 is 0 Å². The van der Waals surface area contributed by atoms with Crippen LogP contribution in [0.2, 0.25) is 11.6 Å². The molecule has 0 aromatic heterocycles. The molecule has 0 aliphatic carbocycles. The van der Waals surface area contributed by atoms with E-state index in [1.807, 2.05) is 0 Å². The molecule has 2 nitrogen and oxygen atoms in total. The third-order valence-corrected chi connectivity index (χ3v) is 0.494. The van der Waals surface area contributed by atoms with Gasteiger partial charge in [-0.05, 0) is 0 Å². The summed E-state index contributed by atoms with van der Waals surface area (Å²) in [6.07, 6.45) is 0. The summed E-state index contributed by atoms with van der Waals surface area (Å²) in [5.41, 5.74) is 0. The third kappa shape index (κ3) is 18.0. The molecule has 0 rings (SSSR count). The first kappa shape index (κ1) is 11.8. The molecule has 0 aromatic carbocycles. The van der Waals surface area contributed by atoms with Gasteiger partial charge in [-0.2, -0.15) is 0 Å². The molecule has 0 saturated carbocycles. The normalized spacial score (nSPS) is 7.67. The number of carbonyl (C=O) groups is 1. The summed E-state index contributed by atoms with van der Waals surface area (Å²) in [4.78, 5) is 9.70. The zero-order valence-corrected chi connectivity index (χ0v) is 8.05. The summed E-state index contributed by atoms with van der Waals surface area (Å²) in [6, 6.07) is 0. The second-order valence-electron chi connectivity index (χ2n) is 2.20. The van der Waals surface area contributed by atoms with E-state index < -0.39 is 5.97 Å². The van der Waals surface area contributed by atoms with Gasteiger partial charge in [-0.1, -0.05) is 13.8 Å². The molecule has 0 unspecified atom stereocenters. The standard InChI is InChI=1S/C4H8O2.2CH3.Al.H/c1-3(2)4(5)6;;;;/h3H,1-2H3,(H,5,6);2*1H3;;. The van der Waals surface area contributed by atoms with Crippen molar-refractivity contribution < 1.29 is 9.90 Å². The zero-order valence-electron chi connectivity index (χ0n) is 6.64. The number of carboxylic acid groups (broad SMARTS) is 1. The van der Waals surface area contributed by atoms with Crippen molar-refractivity contribution in [3.8, 4) is 0 Å². The number of hydrogen-bond donors (Lipinski definition) is 1. The van der Waals surface area contributed by atoms with Crippen LogP contribution in [0.25, 0.3) is 0 Å². The molecule has 0 aliphatic rings. The largest absolute Gasteiger partial charge is 0.481 e. The maximum Gasteiger partial charge on any atom is 0.305 e. The first-order valence-corrected chi connectivity index (χ1v) is 6.11. The molecule has 0 amide bonds. The van der Waals surface area contributed by atoms with Crippen LogP contribution in [0.4, 0.5) is 0 Å². The van der Waals surface area contributed by atoms with Crippen LogP contribution in [0.5, 0.6) is 0 Å². The van der Waals surface area contributed by atoms with Crippen molar-refractivity contribution in [1.29, 1.82) is 0 Å². The molecule has 0 aliphatic heterocycles. The SMILES string of the molecule is CC(C)C(=O)O.[CH3][AlH][CH3]. The Hall–Kier alpha value is 0.00247. The molecule has 0 aromatic rings. The minimum atomic E-state index is -0.741. The summed E-state index contributed by atoms with van der Waals surface area (Å²) in [7, 11) is 0. The van der Waals surface area contributed by atoms with Gasteiger partial charge in [0.25, 0.3) is 0 Å². The molecule has 9 heavy (non-hydrogen) atoms. The number of aliphatic carboxylic acids is 1. The Balaban J connectivity index is 0. The average Bonchev–Trinajstić information content (AvgIpc) is 1.68. The van der Waals surface area contributed by atoms with Gasteiger partial charge in [-0.25, -0.2) is 0 Å². The molecule has 54 valence electrons. The van der Waals surface area contributed by atoms with Crippen molar-refractivity contribution >= 4 is 21.2 Å². The van der Waals surface area contributed by atoms with Crippen LogP contribution in [-0.4, -0.2) is 26.3 Å². The van der Waals surface area contributed by atoms with Gasteiger partial charge >= 0.3 is 5.97 Å². The third-order valence-electron chi connectivity index (χ3n) is 0.494. The Bertz CT molecular complexity index is 71.5. The molecule has 0 saturated heterocycles. The van der Waals surface area contributed by atoms with E-state index in [9.17, 15) is 4.79 Å². The highest BCUT2D eigenvalue weighted by atomic mass is 27.1. The number of carboxylic acids is 1. The highest BCUT2D eigenvalue weighted by Gasteiger charge is 1.99. The Kier molecular flexibility index (Phi) is 10.5. The maximum absolute atomic E-state index is 9.70. The summed E-state index contributed by atoms with van der Waals surface area (Å²) in [5, 5.41) is 7.99. The molecule has 0 heterocycles. The van der Waals surface area contributed by atoms with Crippen molar-refractivity contribution in [3.63, 3.8) is 0 Å². The molecule has 0 bridgehead atoms. The molecule has 0 spiro atoms. The van der Waals surface area contributed by atoms with E-state index in [0.717, 1.165) is 0 Å². The first-order valence-electron chi connectivity index (χ1n) is 3.29. The zero-order chi connectivity index (χ0) is 7.86. The predicted octanol–water partition coefficient (Wildman–Crippen LogP) is 1.25. The van der Waals surface area contributed by atoms with Crippen molar-refractivity contribution in [2.75, 3.05) is 0 Å². The summed E-state index contributed by atoms with van der Waals surface area (Å²) >= 11 is 0.417. The number of rotatable bonds is 1. The summed E-state index contributed by atoms with van der Waals surface area (Å²) < 4.78 is 0. The number of hydrogen-bond acceptors (Lipinski definition) is 1. The second-order valence-corrected chi connectivity index (χ2v) is 3.61. The van der Waals surface area contributed by atoms with Crippen LogP contribution in [0.3, 0.4) is 0 Å². The fourth-order valence-electron chi connectivity index (χ4n) is 0. The summed E-state index contributed by atoms with van der Waals surface area (Å²) in [6.45, 7) is 3.28. The molecule has 0 radical (unpaired) electrons. The fraction of sp³-hybridized carbons (Fsp3) is 0.833. The van der Waals surface area contributed by atoms with E-state index in [2.05, 4.69) is 11.6 Å². The van der Waals surface area contributed by atoms with E-state index >= 15 is 0 Å². The van der Waals surface area contributed by atoms with Gasteiger partial charge in [0.05, 0.1) is 5.92 Å². The van der Waals surface area contributed by atoms with Gasteiger partial charge in [-0.3, -0.25) is 4.79 Å². The molecule has 0 atom stereocenters. The van der Waals surface area contributed by atoms with Gasteiger partial charge in [0, 0.05) is 0 Å². The summed E-state index contributed by atoms with van der Waals surface area (Å²) in [5.74, 6) is 3.56. The lowest BCUT2D eigenvalue weighted by Gasteiger charge is -1.89. The van der Waals surface area contributed by atoms with Crippen LogP contribution in [0.15, 0.2) is 0 Å². The van der Waals surface area contributed by atoms with E-state index in [4.69, 9.17) is 5.11 Å². The predicted molar refractivity (Wildman–Crippen MR) is 41.4 cm³/mol. The van der Waals surface area contributed by atoms with Crippen LogP contribution in [0, 0.1) is 5.92 Å². The van der Waals surface area contributed by atoms with Crippen molar-refractivity contribution in [2.24, 2.45) is 5.92 Å². The maximum atomic E-state index is 9.70. The molecule has 3 heteroatoms. The molecule has 0 fully saturated rings. The average molecular weight is 146 g/mol. The first-order chi connectivity index (χ1) is 4.06. The molecular weight excluding hydrogens is 131 g/mol. The minimum absolute atomic E-state index is 0.231. The minimum Gasteiger partial charge on any atom is -0.481 e. The second kappa shape index (κ2) is 8.00. The lowest BCUT2D eigenvalue weighted by Crippen LogP contribution is -2.03. The van der Waals surface area contributed by atoms with Gasteiger partial charge in [0.2, 0.25) is 15.2 Å². The Morgan fingerprint density at radius 3 is 1.56 bits per heavy atom. The van der Waals surface area contributed by atoms with E-state index in [1.165, 1.54) is 0 Å². The highest BCUT2D eigenvalue weighted by Crippen LogP contribution is 1.87. The van der Waals surface area contributed by atoms with Crippen molar-refractivity contribution in [1.82, 2.24) is 0 Å². The van der Waals surface area contributed by atoms with E-state index in [1.54, 1.807) is 13.8 Å². The van der Waals surface area contributed by atoms with Crippen LogP contribution in [0.1, 0.15) is 13.8 Å². The van der Waals surface area contributed by atoms with Gasteiger partial charge in [0.1, 0.15) is 0 Å². The van der Waals surface area contributed by atoms with Crippen molar-refractivity contribution in [3.05, 3.63) is 0 Å². The molecular formula is C6H15AlO2. The smallest absolute Gasteiger partial charge is 0.305 e. The van der Waals surface area contributed by atoms with Crippen LogP contribution in [-0.2, 0) is 4.79 Å². The Morgan fingerprint density at radius 2 is 1.56 bits per heavy atom. The topological polar surface area (TPSA) is 37.3 Å². The van der Waals surface area contributed by atoms with Gasteiger partial charge < -0.3 is 5.11 Å². The Labute approximate surface area is 63.0 Å².